The highest BCUT2D eigenvalue weighted by Gasteiger charge is 2.26. The molecular formula is C21H33IN4O2. The molecule has 0 fully saturated rings. The molecule has 156 valence electrons. The summed E-state index contributed by atoms with van der Waals surface area (Å²) in [6, 6.07) is 14.3. The lowest BCUT2D eigenvalue weighted by Gasteiger charge is -2.26. The van der Waals surface area contributed by atoms with Gasteiger partial charge in [0.15, 0.2) is 5.96 Å². The van der Waals surface area contributed by atoms with Gasteiger partial charge >= 0.3 is 0 Å². The van der Waals surface area contributed by atoms with Gasteiger partial charge < -0.3 is 25.1 Å². The van der Waals surface area contributed by atoms with Crippen molar-refractivity contribution in [1.29, 1.82) is 0 Å². The van der Waals surface area contributed by atoms with Crippen LogP contribution in [0.15, 0.2) is 58.1 Å². The monoisotopic (exact) mass is 500 g/mol. The average molecular weight is 500 g/mol. The number of aliphatic imine (C=N–C) groups is 1. The quantitative estimate of drug-likeness (QED) is 0.281. The molecule has 1 heterocycles. The number of nitrogens with one attached hydrogen (secondary N) is 2. The molecule has 0 saturated carbocycles. The first-order chi connectivity index (χ1) is 12.9. The number of hydrogen-bond acceptors (Lipinski definition) is 4. The Kier molecular flexibility index (Phi) is 10.6. The van der Waals surface area contributed by atoms with Crippen LogP contribution >= 0.6 is 24.0 Å². The number of benzene rings is 1. The summed E-state index contributed by atoms with van der Waals surface area (Å²) in [5, 5.41) is 17.2. The fraction of sp³-hybridized carbons (Fsp3) is 0.476. The molecule has 3 N–H and O–H groups in total. The second-order valence-corrected chi connectivity index (χ2v) is 7.13. The Morgan fingerprint density at radius 1 is 1.18 bits per heavy atom. The lowest BCUT2D eigenvalue weighted by molar-refractivity contribution is 0.0437. The standard InChI is InChI=1S/C21H32N4O2.HI/c1-5-22-20(24-16-21(2,26)19-12-9-13-27-19)23-15-18(25(3)4)14-17-10-7-6-8-11-17;/h6-13,18,26H,5,14-16H2,1-4H3,(H2,22,23,24);1H. The molecule has 1 aromatic heterocycles. The van der Waals surface area contributed by atoms with Crippen LogP contribution < -0.4 is 10.6 Å². The van der Waals surface area contributed by atoms with Gasteiger partial charge in [0.05, 0.1) is 12.8 Å². The molecule has 6 nitrogen and oxygen atoms in total. The lowest BCUT2D eigenvalue weighted by Crippen LogP contribution is -2.46. The van der Waals surface area contributed by atoms with Gasteiger partial charge in [0.1, 0.15) is 11.4 Å². The summed E-state index contributed by atoms with van der Waals surface area (Å²) in [4.78, 5) is 6.76. The van der Waals surface area contributed by atoms with E-state index in [4.69, 9.17) is 4.42 Å². The molecule has 0 saturated heterocycles. The summed E-state index contributed by atoms with van der Waals surface area (Å²) in [7, 11) is 4.17. The molecule has 7 heteroatoms. The van der Waals surface area contributed by atoms with Gasteiger partial charge in [-0.05, 0) is 52.1 Å². The topological polar surface area (TPSA) is 73.0 Å². The highest BCUT2D eigenvalue weighted by Crippen LogP contribution is 2.21. The van der Waals surface area contributed by atoms with Gasteiger partial charge in [-0.3, -0.25) is 0 Å². The third kappa shape index (κ3) is 7.81. The molecule has 0 aliphatic heterocycles. The van der Waals surface area contributed by atoms with Gasteiger partial charge in [-0.1, -0.05) is 30.3 Å². The van der Waals surface area contributed by atoms with Crippen LogP contribution in [0.3, 0.4) is 0 Å². The van der Waals surface area contributed by atoms with Crippen molar-refractivity contribution in [2.24, 2.45) is 4.99 Å². The van der Waals surface area contributed by atoms with E-state index in [-0.39, 0.29) is 30.5 Å². The maximum Gasteiger partial charge on any atom is 0.191 e. The van der Waals surface area contributed by atoms with E-state index in [0.29, 0.717) is 17.8 Å². The van der Waals surface area contributed by atoms with Crippen LogP contribution in [0.4, 0.5) is 0 Å². The second kappa shape index (κ2) is 12.1. The third-order valence-corrected chi connectivity index (χ3v) is 4.49. The Hall–Kier alpha value is -1.58. The zero-order valence-corrected chi connectivity index (χ0v) is 19.5. The Morgan fingerprint density at radius 3 is 2.46 bits per heavy atom. The molecule has 2 atom stereocenters. The molecule has 28 heavy (non-hydrogen) atoms. The molecule has 0 amide bonds. The molecule has 2 aromatic rings. The van der Waals surface area contributed by atoms with Crippen LogP contribution in [0, 0.1) is 0 Å². The summed E-state index contributed by atoms with van der Waals surface area (Å²) in [5.74, 6) is 1.20. The summed E-state index contributed by atoms with van der Waals surface area (Å²) >= 11 is 0. The van der Waals surface area contributed by atoms with Crippen LogP contribution in [0.5, 0.6) is 0 Å². The summed E-state index contributed by atoms with van der Waals surface area (Å²) in [6.07, 6.45) is 2.51. The summed E-state index contributed by atoms with van der Waals surface area (Å²) in [6.45, 7) is 5.43. The van der Waals surface area contributed by atoms with Crippen molar-refractivity contribution in [3.63, 3.8) is 0 Å². The average Bonchev–Trinajstić information content (AvgIpc) is 3.19. The number of furan rings is 1. The third-order valence-electron chi connectivity index (χ3n) is 4.49. The Labute approximate surface area is 185 Å². The van der Waals surface area contributed by atoms with E-state index in [1.807, 2.05) is 13.0 Å². The minimum absolute atomic E-state index is 0. The first kappa shape index (κ1) is 24.5. The smallest absolute Gasteiger partial charge is 0.191 e. The van der Waals surface area contributed by atoms with Crippen molar-refractivity contribution in [2.75, 3.05) is 33.7 Å². The van der Waals surface area contributed by atoms with E-state index in [1.165, 1.54) is 5.56 Å². The van der Waals surface area contributed by atoms with Crippen LogP contribution in [-0.4, -0.2) is 55.7 Å². The predicted octanol–water partition coefficient (Wildman–Crippen LogP) is 2.83. The SMILES string of the molecule is CCNC(=NCC(C)(O)c1ccco1)NCC(Cc1ccccc1)N(C)C.I. The maximum absolute atomic E-state index is 10.6. The Bertz CT molecular complexity index is 688. The van der Waals surface area contributed by atoms with Crippen LogP contribution in [0.25, 0.3) is 0 Å². The van der Waals surface area contributed by atoms with E-state index >= 15 is 0 Å². The van der Waals surface area contributed by atoms with Gasteiger partial charge in [0.25, 0.3) is 0 Å². The number of hydrogen-bond donors (Lipinski definition) is 3. The van der Waals surface area contributed by atoms with Gasteiger partial charge in [-0.2, -0.15) is 0 Å². The number of guanidine groups is 1. The lowest BCUT2D eigenvalue weighted by atomic mass is 10.0. The van der Waals surface area contributed by atoms with E-state index in [1.54, 1.807) is 25.3 Å². The summed E-state index contributed by atoms with van der Waals surface area (Å²) < 4.78 is 5.32. The fourth-order valence-electron chi connectivity index (χ4n) is 2.78. The number of aliphatic hydroxyl groups is 1. The van der Waals surface area contributed by atoms with Crippen molar-refractivity contribution in [3.8, 4) is 0 Å². The Morgan fingerprint density at radius 2 is 1.89 bits per heavy atom. The van der Waals surface area contributed by atoms with Gasteiger partial charge in [-0.25, -0.2) is 4.99 Å². The number of likely N-dealkylation sites (N-methyl/N-ethyl adjacent to an activating group) is 1. The van der Waals surface area contributed by atoms with Crippen LogP contribution in [-0.2, 0) is 12.0 Å². The molecule has 0 bridgehead atoms. The molecule has 2 unspecified atom stereocenters. The van der Waals surface area contributed by atoms with Gasteiger partial charge in [0, 0.05) is 19.1 Å². The van der Waals surface area contributed by atoms with E-state index in [9.17, 15) is 5.11 Å². The van der Waals surface area contributed by atoms with Crippen molar-refractivity contribution < 1.29 is 9.52 Å². The summed E-state index contributed by atoms with van der Waals surface area (Å²) in [5.41, 5.74) is 0.164. The zero-order valence-electron chi connectivity index (χ0n) is 17.2. The first-order valence-electron chi connectivity index (χ1n) is 9.41. The predicted molar refractivity (Wildman–Crippen MR) is 125 cm³/mol. The molecule has 2 rings (SSSR count). The normalized spacial score (nSPS) is 14.9. The van der Waals surface area contributed by atoms with Crippen LogP contribution in [0.2, 0.25) is 0 Å². The molecular weight excluding hydrogens is 467 g/mol. The zero-order chi connectivity index (χ0) is 19.7. The fourth-order valence-corrected chi connectivity index (χ4v) is 2.78. The van der Waals surface area contributed by atoms with E-state index in [0.717, 1.165) is 19.5 Å². The molecule has 0 radical (unpaired) electrons. The minimum Gasteiger partial charge on any atom is -0.466 e. The first-order valence-corrected chi connectivity index (χ1v) is 9.41. The maximum atomic E-state index is 10.6. The van der Waals surface area contributed by atoms with Crippen molar-refractivity contribution in [2.45, 2.75) is 31.9 Å². The van der Waals surface area contributed by atoms with Gasteiger partial charge in [-0.15, -0.1) is 24.0 Å². The Balaban J connectivity index is 0.00000392. The highest BCUT2D eigenvalue weighted by atomic mass is 127. The van der Waals surface area contributed by atoms with Crippen molar-refractivity contribution >= 4 is 29.9 Å². The van der Waals surface area contributed by atoms with Gasteiger partial charge in [0.2, 0.25) is 0 Å². The molecule has 0 aliphatic rings. The largest absolute Gasteiger partial charge is 0.466 e. The van der Waals surface area contributed by atoms with Crippen molar-refractivity contribution in [1.82, 2.24) is 15.5 Å². The van der Waals surface area contributed by atoms with E-state index < -0.39 is 5.60 Å². The second-order valence-electron chi connectivity index (χ2n) is 7.13. The molecule has 0 aliphatic carbocycles. The van der Waals surface area contributed by atoms with E-state index in [2.05, 4.69) is 58.9 Å². The van der Waals surface area contributed by atoms with Crippen molar-refractivity contribution in [3.05, 3.63) is 60.1 Å². The highest BCUT2D eigenvalue weighted by molar-refractivity contribution is 14.0. The number of rotatable bonds is 9. The number of halogens is 1. The molecule has 0 spiro atoms. The minimum atomic E-state index is -1.14. The molecule has 1 aromatic carbocycles. The number of nitrogens with zero attached hydrogens (tertiary/aromatic N) is 2. The van der Waals surface area contributed by atoms with Crippen LogP contribution in [0.1, 0.15) is 25.2 Å².